The highest BCUT2D eigenvalue weighted by Crippen LogP contribution is 2.27. The summed E-state index contributed by atoms with van der Waals surface area (Å²) in [4.78, 5) is 12.0. The van der Waals surface area contributed by atoms with Crippen LogP contribution in [0.15, 0.2) is 42.5 Å². The quantitative estimate of drug-likeness (QED) is 0.675. The van der Waals surface area contributed by atoms with Crippen LogP contribution in [0.2, 0.25) is 0 Å². The molecule has 1 amide bonds. The van der Waals surface area contributed by atoms with E-state index in [1.165, 1.54) is 18.2 Å². The maximum absolute atomic E-state index is 12.0. The predicted molar refractivity (Wildman–Crippen MR) is 72.1 cm³/mol. The standard InChI is InChI=1S/C14H14N2O3/c15-8-9-4-6-10(7-5-9)16-14(19)13-11(17)2-1-3-12(13)18/h1-7,17-18H,8,15H2,(H,16,19). The van der Waals surface area contributed by atoms with Gasteiger partial charge in [0, 0.05) is 12.2 Å². The molecule has 0 fully saturated rings. The zero-order valence-electron chi connectivity index (χ0n) is 10.1. The molecule has 0 saturated carbocycles. The molecular formula is C14H14N2O3. The number of carbonyl (C=O) groups is 1. The first kappa shape index (κ1) is 12.9. The Morgan fingerprint density at radius 2 is 1.63 bits per heavy atom. The van der Waals surface area contributed by atoms with E-state index in [4.69, 9.17) is 5.73 Å². The summed E-state index contributed by atoms with van der Waals surface area (Å²) in [6.45, 7) is 0.425. The van der Waals surface area contributed by atoms with Gasteiger partial charge in [0.2, 0.25) is 0 Å². The number of rotatable bonds is 3. The molecule has 2 aromatic rings. The number of phenols is 2. The van der Waals surface area contributed by atoms with Gasteiger partial charge in [-0.2, -0.15) is 0 Å². The van der Waals surface area contributed by atoms with Crippen LogP contribution in [0.25, 0.3) is 0 Å². The molecule has 98 valence electrons. The Balaban J connectivity index is 2.21. The van der Waals surface area contributed by atoms with E-state index in [0.717, 1.165) is 5.56 Å². The van der Waals surface area contributed by atoms with E-state index < -0.39 is 5.91 Å². The summed E-state index contributed by atoms with van der Waals surface area (Å²) < 4.78 is 0. The van der Waals surface area contributed by atoms with Gasteiger partial charge in [-0.1, -0.05) is 18.2 Å². The number of hydrogen-bond acceptors (Lipinski definition) is 4. The Bertz CT molecular complexity index is 574. The molecule has 5 heteroatoms. The Labute approximate surface area is 110 Å². The van der Waals surface area contributed by atoms with Crippen molar-refractivity contribution < 1.29 is 15.0 Å². The second-order valence-corrected chi connectivity index (χ2v) is 4.03. The summed E-state index contributed by atoms with van der Waals surface area (Å²) >= 11 is 0. The van der Waals surface area contributed by atoms with E-state index in [0.29, 0.717) is 12.2 Å². The van der Waals surface area contributed by atoms with Crippen molar-refractivity contribution in [2.45, 2.75) is 6.54 Å². The summed E-state index contributed by atoms with van der Waals surface area (Å²) in [5, 5.41) is 21.8. The van der Waals surface area contributed by atoms with Crippen molar-refractivity contribution in [2.75, 3.05) is 5.32 Å². The van der Waals surface area contributed by atoms with E-state index in [9.17, 15) is 15.0 Å². The van der Waals surface area contributed by atoms with Crippen molar-refractivity contribution in [1.29, 1.82) is 0 Å². The van der Waals surface area contributed by atoms with Crippen molar-refractivity contribution in [1.82, 2.24) is 0 Å². The zero-order chi connectivity index (χ0) is 13.8. The monoisotopic (exact) mass is 258 g/mol. The largest absolute Gasteiger partial charge is 0.507 e. The molecule has 0 aliphatic rings. The van der Waals surface area contributed by atoms with Gasteiger partial charge < -0.3 is 21.3 Å². The molecule has 5 nitrogen and oxygen atoms in total. The van der Waals surface area contributed by atoms with Gasteiger partial charge in [0.05, 0.1) is 0 Å². The van der Waals surface area contributed by atoms with Crippen molar-refractivity contribution in [3.8, 4) is 11.5 Å². The Morgan fingerprint density at radius 1 is 1.05 bits per heavy atom. The third-order valence-corrected chi connectivity index (χ3v) is 2.70. The first-order valence-corrected chi connectivity index (χ1v) is 5.73. The van der Waals surface area contributed by atoms with Crippen molar-refractivity contribution in [3.05, 3.63) is 53.6 Å². The van der Waals surface area contributed by atoms with Crippen LogP contribution in [0.1, 0.15) is 15.9 Å². The maximum Gasteiger partial charge on any atom is 0.263 e. The van der Waals surface area contributed by atoms with Crippen LogP contribution >= 0.6 is 0 Å². The molecule has 0 bridgehead atoms. The second kappa shape index (κ2) is 5.41. The highest BCUT2D eigenvalue weighted by Gasteiger charge is 2.15. The van der Waals surface area contributed by atoms with Gasteiger partial charge in [0.25, 0.3) is 5.91 Å². The first-order chi connectivity index (χ1) is 9.11. The normalized spacial score (nSPS) is 10.2. The number of hydrogen-bond donors (Lipinski definition) is 4. The lowest BCUT2D eigenvalue weighted by molar-refractivity contribution is 0.102. The number of phenolic OH excluding ortho intramolecular Hbond substituents is 2. The molecule has 0 aromatic heterocycles. The molecular weight excluding hydrogens is 244 g/mol. The summed E-state index contributed by atoms with van der Waals surface area (Å²) in [6, 6.07) is 11.1. The van der Waals surface area contributed by atoms with Gasteiger partial charge in [-0.25, -0.2) is 0 Å². The Morgan fingerprint density at radius 3 is 2.16 bits per heavy atom. The number of benzene rings is 2. The third kappa shape index (κ3) is 2.83. The molecule has 0 atom stereocenters. The maximum atomic E-state index is 12.0. The third-order valence-electron chi connectivity index (χ3n) is 2.70. The molecule has 0 radical (unpaired) electrons. The zero-order valence-corrected chi connectivity index (χ0v) is 10.1. The van der Waals surface area contributed by atoms with Crippen molar-refractivity contribution in [2.24, 2.45) is 5.73 Å². The molecule has 0 aliphatic carbocycles. The molecule has 19 heavy (non-hydrogen) atoms. The lowest BCUT2D eigenvalue weighted by Gasteiger charge is -2.08. The molecule has 0 saturated heterocycles. The molecule has 2 aromatic carbocycles. The number of nitrogens with two attached hydrogens (primary N) is 1. The molecule has 2 rings (SSSR count). The number of amides is 1. The Hall–Kier alpha value is -2.53. The predicted octanol–water partition coefficient (Wildman–Crippen LogP) is 1.81. The molecule has 0 spiro atoms. The van der Waals surface area contributed by atoms with E-state index in [-0.39, 0.29) is 17.1 Å². The van der Waals surface area contributed by atoms with Gasteiger partial charge in [-0.05, 0) is 29.8 Å². The van der Waals surface area contributed by atoms with Crippen LogP contribution in [0.3, 0.4) is 0 Å². The summed E-state index contributed by atoms with van der Waals surface area (Å²) in [5.41, 5.74) is 6.84. The highest BCUT2D eigenvalue weighted by atomic mass is 16.3. The fourth-order valence-corrected chi connectivity index (χ4v) is 1.68. The van der Waals surface area contributed by atoms with Crippen LogP contribution in [0.4, 0.5) is 5.69 Å². The Kier molecular flexibility index (Phi) is 3.68. The SMILES string of the molecule is NCc1ccc(NC(=O)c2c(O)cccc2O)cc1. The first-order valence-electron chi connectivity index (χ1n) is 5.73. The minimum absolute atomic E-state index is 0.148. The average molecular weight is 258 g/mol. The lowest BCUT2D eigenvalue weighted by atomic mass is 10.1. The summed E-state index contributed by atoms with van der Waals surface area (Å²) in [6.07, 6.45) is 0. The van der Waals surface area contributed by atoms with Crippen LogP contribution in [-0.2, 0) is 6.54 Å². The van der Waals surface area contributed by atoms with E-state index >= 15 is 0 Å². The lowest BCUT2D eigenvalue weighted by Crippen LogP contribution is -2.12. The minimum Gasteiger partial charge on any atom is -0.507 e. The van der Waals surface area contributed by atoms with Gasteiger partial charge in [0.15, 0.2) is 0 Å². The topological polar surface area (TPSA) is 95.6 Å². The van der Waals surface area contributed by atoms with Gasteiger partial charge >= 0.3 is 0 Å². The number of nitrogens with one attached hydrogen (secondary N) is 1. The average Bonchev–Trinajstić information content (AvgIpc) is 2.39. The van der Waals surface area contributed by atoms with Crippen molar-refractivity contribution in [3.63, 3.8) is 0 Å². The summed E-state index contributed by atoms with van der Waals surface area (Å²) in [5.74, 6) is -1.11. The van der Waals surface area contributed by atoms with Crippen LogP contribution in [-0.4, -0.2) is 16.1 Å². The summed E-state index contributed by atoms with van der Waals surface area (Å²) in [7, 11) is 0. The number of anilines is 1. The van der Waals surface area contributed by atoms with Gasteiger partial charge in [-0.3, -0.25) is 4.79 Å². The van der Waals surface area contributed by atoms with Gasteiger partial charge in [-0.15, -0.1) is 0 Å². The smallest absolute Gasteiger partial charge is 0.263 e. The highest BCUT2D eigenvalue weighted by molar-refractivity contribution is 6.08. The minimum atomic E-state index is -0.573. The molecule has 5 N–H and O–H groups in total. The van der Waals surface area contributed by atoms with Gasteiger partial charge in [0.1, 0.15) is 17.1 Å². The van der Waals surface area contributed by atoms with E-state index in [2.05, 4.69) is 5.32 Å². The second-order valence-electron chi connectivity index (χ2n) is 4.03. The van der Waals surface area contributed by atoms with Crippen LogP contribution < -0.4 is 11.1 Å². The van der Waals surface area contributed by atoms with Crippen molar-refractivity contribution >= 4 is 11.6 Å². The van der Waals surface area contributed by atoms with Crippen LogP contribution in [0, 0.1) is 0 Å². The van der Waals surface area contributed by atoms with E-state index in [1.54, 1.807) is 24.3 Å². The molecule has 0 unspecified atom stereocenters. The molecule has 0 heterocycles. The number of aromatic hydroxyl groups is 2. The molecule has 0 aliphatic heterocycles. The fraction of sp³-hybridized carbons (Fsp3) is 0.0714. The fourth-order valence-electron chi connectivity index (χ4n) is 1.68. The van der Waals surface area contributed by atoms with E-state index in [1.807, 2.05) is 0 Å². The van der Waals surface area contributed by atoms with Crippen LogP contribution in [0.5, 0.6) is 11.5 Å². The number of carbonyl (C=O) groups excluding carboxylic acids is 1.